The van der Waals surface area contributed by atoms with Crippen molar-refractivity contribution >= 4 is 38.7 Å². The molecule has 32 heavy (non-hydrogen) atoms. The number of benzene rings is 1. The average Bonchev–Trinajstić information content (AvgIpc) is 3.45. The van der Waals surface area contributed by atoms with Gasteiger partial charge in [-0.25, -0.2) is 13.4 Å². The molecule has 1 N–H and O–H groups in total. The second kappa shape index (κ2) is 9.65. The minimum absolute atomic E-state index is 0.135. The van der Waals surface area contributed by atoms with Gasteiger partial charge in [0, 0.05) is 19.6 Å². The fourth-order valence-electron chi connectivity index (χ4n) is 3.62. The lowest BCUT2D eigenvalue weighted by atomic mass is 10.2. The van der Waals surface area contributed by atoms with Crippen LogP contribution in [0.5, 0.6) is 0 Å². The van der Waals surface area contributed by atoms with E-state index in [4.69, 9.17) is 9.15 Å². The summed E-state index contributed by atoms with van der Waals surface area (Å²) in [5.41, 5.74) is 1.42. The number of imidazole rings is 1. The molecule has 1 amide bonds. The Balaban J connectivity index is 1.50. The first-order chi connectivity index (χ1) is 15.4. The maximum atomic E-state index is 13.0. The molecule has 2 aromatic heterocycles. The molecule has 0 saturated carbocycles. The molecule has 11 heteroatoms. The Morgan fingerprint density at radius 1 is 1.28 bits per heavy atom. The standard InChI is InChI=1S/C21H26N4O5S2/c1-3-25-18-7-6-16(32(27,28)24-8-11-29-12-9-24)13-17(18)23-21(25)31-14-20(26)22-15(2)19-5-4-10-30-19/h4-7,10,13,15H,3,8-9,11-12,14H2,1-2H3,(H,22,26)/t15-/m0/s1. The summed E-state index contributed by atoms with van der Waals surface area (Å²) in [6.07, 6.45) is 1.57. The Morgan fingerprint density at radius 3 is 2.75 bits per heavy atom. The number of fused-ring (bicyclic) bond motifs is 1. The van der Waals surface area contributed by atoms with Gasteiger partial charge in [0.2, 0.25) is 15.9 Å². The van der Waals surface area contributed by atoms with Crippen LogP contribution in [-0.2, 0) is 26.1 Å². The highest BCUT2D eigenvalue weighted by molar-refractivity contribution is 7.99. The van der Waals surface area contributed by atoms with Crippen molar-refractivity contribution in [3.05, 3.63) is 42.4 Å². The highest BCUT2D eigenvalue weighted by Crippen LogP contribution is 2.27. The summed E-state index contributed by atoms with van der Waals surface area (Å²) in [4.78, 5) is 17.2. The number of morpholine rings is 1. The molecule has 1 atom stereocenters. The Hall–Kier alpha value is -2.34. The van der Waals surface area contributed by atoms with E-state index in [1.54, 1.807) is 30.5 Å². The number of carbonyl (C=O) groups excluding carboxylic acids is 1. The quantitative estimate of drug-likeness (QED) is 0.496. The van der Waals surface area contributed by atoms with Crippen molar-refractivity contribution in [2.45, 2.75) is 36.5 Å². The fraction of sp³-hybridized carbons (Fsp3) is 0.429. The fourth-order valence-corrected chi connectivity index (χ4v) is 5.94. The van der Waals surface area contributed by atoms with Gasteiger partial charge in [-0.1, -0.05) is 11.8 Å². The summed E-state index contributed by atoms with van der Waals surface area (Å²) in [5, 5.41) is 3.57. The van der Waals surface area contributed by atoms with E-state index in [1.807, 2.05) is 24.5 Å². The van der Waals surface area contributed by atoms with E-state index in [-0.39, 0.29) is 22.6 Å². The van der Waals surface area contributed by atoms with Gasteiger partial charge in [0.05, 0.1) is 47.2 Å². The lowest BCUT2D eigenvalue weighted by Gasteiger charge is -2.26. The van der Waals surface area contributed by atoms with E-state index in [1.165, 1.54) is 16.1 Å². The summed E-state index contributed by atoms with van der Waals surface area (Å²) >= 11 is 1.32. The third-order valence-electron chi connectivity index (χ3n) is 5.29. The number of aryl methyl sites for hydroxylation is 1. The molecular formula is C21H26N4O5S2. The van der Waals surface area contributed by atoms with Crippen molar-refractivity contribution in [1.82, 2.24) is 19.2 Å². The molecule has 9 nitrogen and oxygen atoms in total. The molecule has 0 spiro atoms. The van der Waals surface area contributed by atoms with Gasteiger partial charge in [0.25, 0.3) is 0 Å². The minimum Gasteiger partial charge on any atom is -0.467 e. The van der Waals surface area contributed by atoms with E-state index >= 15 is 0 Å². The van der Waals surface area contributed by atoms with Crippen LogP contribution in [0.4, 0.5) is 0 Å². The number of furan rings is 1. The molecule has 0 radical (unpaired) electrons. The third-order valence-corrected chi connectivity index (χ3v) is 8.16. The lowest BCUT2D eigenvalue weighted by Crippen LogP contribution is -2.40. The second-order valence-corrected chi connectivity index (χ2v) is 10.3. The Morgan fingerprint density at radius 2 is 2.06 bits per heavy atom. The molecule has 0 unspecified atom stereocenters. The molecule has 0 aliphatic carbocycles. The first-order valence-corrected chi connectivity index (χ1v) is 12.9. The molecule has 3 aromatic rings. The van der Waals surface area contributed by atoms with Crippen LogP contribution in [0.1, 0.15) is 25.6 Å². The van der Waals surface area contributed by atoms with E-state index in [0.29, 0.717) is 49.3 Å². The van der Waals surface area contributed by atoms with Crippen molar-refractivity contribution in [1.29, 1.82) is 0 Å². The minimum atomic E-state index is -3.60. The average molecular weight is 479 g/mol. The van der Waals surface area contributed by atoms with E-state index in [0.717, 1.165) is 5.52 Å². The van der Waals surface area contributed by atoms with Gasteiger partial charge in [-0.2, -0.15) is 4.31 Å². The van der Waals surface area contributed by atoms with Gasteiger partial charge in [-0.15, -0.1) is 0 Å². The molecule has 1 aromatic carbocycles. The van der Waals surface area contributed by atoms with Gasteiger partial charge in [-0.3, -0.25) is 4.79 Å². The van der Waals surface area contributed by atoms with Crippen LogP contribution in [0, 0.1) is 0 Å². The number of nitrogens with zero attached hydrogens (tertiary/aromatic N) is 3. The SMILES string of the molecule is CCn1c(SCC(=O)N[C@@H](C)c2ccco2)nc2cc(S(=O)(=O)N3CCOCC3)ccc21. The normalized spacial score (nSPS) is 16.3. The lowest BCUT2D eigenvalue weighted by molar-refractivity contribution is -0.119. The molecule has 1 aliphatic heterocycles. The number of amides is 1. The Bertz CT molecular complexity index is 1180. The van der Waals surface area contributed by atoms with Gasteiger partial charge in [-0.05, 0) is 44.2 Å². The molecule has 172 valence electrons. The highest BCUT2D eigenvalue weighted by atomic mass is 32.2. The number of thioether (sulfide) groups is 1. The van der Waals surface area contributed by atoms with Crippen molar-refractivity contribution in [3.63, 3.8) is 0 Å². The van der Waals surface area contributed by atoms with Crippen LogP contribution in [0.15, 0.2) is 51.1 Å². The maximum Gasteiger partial charge on any atom is 0.243 e. The number of hydrogen-bond acceptors (Lipinski definition) is 7. The number of sulfonamides is 1. The zero-order valence-electron chi connectivity index (χ0n) is 18.0. The van der Waals surface area contributed by atoms with Gasteiger partial charge in [0.15, 0.2) is 5.16 Å². The topological polar surface area (TPSA) is 107 Å². The molecule has 1 saturated heterocycles. The van der Waals surface area contributed by atoms with Crippen LogP contribution in [0.3, 0.4) is 0 Å². The highest BCUT2D eigenvalue weighted by Gasteiger charge is 2.27. The van der Waals surface area contributed by atoms with Crippen LogP contribution < -0.4 is 5.32 Å². The first kappa shape index (κ1) is 22.8. The molecule has 3 heterocycles. The largest absolute Gasteiger partial charge is 0.467 e. The van der Waals surface area contributed by atoms with Crippen LogP contribution >= 0.6 is 11.8 Å². The number of ether oxygens (including phenoxy) is 1. The Labute approximate surface area is 191 Å². The first-order valence-electron chi connectivity index (χ1n) is 10.4. The Kier molecular flexibility index (Phi) is 6.89. The summed E-state index contributed by atoms with van der Waals surface area (Å²) in [6, 6.07) is 8.38. The zero-order chi connectivity index (χ0) is 22.7. The predicted octanol–water partition coefficient (Wildman–Crippen LogP) is 2.64. The smallest absolute Gasteiger partial charge is 0.243 e. The number of rotatable bonds is 8. The number of nitrogens with one attached hydrogen (secondary N) is 1. The summed E-state index contributed by atoms with van der Waals surface area (Å²) in [6.45, 7) is 5.98. The van der Waals surface area contributed by atoms with Crippen molar-refractivity contribution < 1.29 is 22.4 Å². The molecule has 0 bridgehead atoms. The molecule has 1 fully saturated rings. The maximum absolute atomic E-state index is 13.0. The van der Waals surface area contributed by atoms with Crippen molar-refractivity contribution in [2.75, 3.05) is 32.1 Å². The number of hydrogen-bond donors (Lipinski definition) is 1. The monoisotopic (exact) mass is 478 g/mol. The van der Waals surface area contributed by atoms with Crippen molar-refractivity contribution in [2.24, 2.45) is 0 Å². The van der Waals surface area contributed by atoms with Gasteiger partial charge in [0.1, 0.15) is 5.76 Å². The van der Waals surface area contributed by atoms with E-state index < -0.39 is 10.0 Å². The van der Waals surface area contributed by atoms with Gasteiger partial charge < -0.3 is 19.0 Å². The second-order valence-electron chi connectivity index (χ2n) is 7.40. The molecular weight excluding hydrogens is 452 g/mol. The van der Waals surface area contributed by atoms with E-state index in [9.17, 15) is 13.2 Å². The van der Waals surface area contributed by atoms with Crippen LogP contribution in [0.2, 0.25) is 0 Å². The van der Waals surface area contributed by atoms with Crippen LogP contribution in [0.25, 0.3) is 11.0 Å². The van der Waals surface area contributed by atoms with E-state index in [2.05, 4.69) is 10.3 Å². The third kappa shape index (κ3) is 4.70. The summed E-state index contributed by atoms with van der Waals surface area (Å²) in [5.74, 6) is 0.746. The number of carbonyl (C=O) groups is 1. The van der Waals surface area contributed by atoms with Crippen molar-refractivity contribution in [3.8, 4) is 0 Å². The van der Waals surface area contributed by atoms with Crippen LogP contribution in [-0.4, -0.2) is 60.2 Å². The predicted molar refractivity (Wildman–Crippen MR) is 121 cm³/mol. The summed E-state index contributed by atoms with van der Waals surface area (Å²) in [7, 11) is -3.60. The molecule has 1 aliphatic rings. The summed E-state index contributed by atoms with van der Waals surface area (Å²) < 4.78 is 40.0. The number of aromatic nitrogens is 2. The zero-order valence-corrected chi connectivity index (χ0v) is 19.6. The van der Waals surface area contributed by atoms with Gasteiger partial charge >= 0.3 is 0 Å². The molecule has 4 rings (SSSR count).